The van der Waals surface area contributed by atoms with Gasteiger partial charge >= 0.3 is 0 Å². The zero-order valence-electron chi connectivity index (χ0n) is 12.1. The van der Waals surface area contributed by atoms with Crippen LogP contribution in [0.3, 0.4) is 0 Å². The highest BCUT2D eigenvalue weighted by Gasteiger charge is 2.09. The predicted molar refractivity (Wildman–Crippen MR) is 77.2 cm³/mol. The Bertz CT molecular complexity index is 561. The standard InChI is InChI=1S/C16H18N2O2/c1-4-5-8-20-15-7-6-13(9-16(15)19-3)12(2)14(10-17)11-18/h6-7,9H,4-5,8H2,1-3H3. The van der Waals surface area contributed by atoms with Gasteiger partial charge in [0.15, 0.2) is 11.5 Å². The van der Waals surface area contributed by atoms with Gasteiger partial charge in [0.25, 0.3) is 0 Å². The van der Waals surface area contributed by atoms with Crippen molar-refractivity contribution in [2.24, 2.45) is 0 Å². The van der Waals surface area contributed by atoms with Gasteiger partial charge in [0.05, 0.1) is 13.7 Å². The molecule has 1 aromatic rings. The Kier molecular flexibility index (Phi) is 6.13. The van der Waals surface area contributed by atoms with Crippen LogP contribution >= 0.6 is 0 Å². The average Bonchev–Trinajstić information content (AvgIpc) is 2.48. The number of nitriles is 2. The molecular formula is C16H18N2O2. The Morgan fingerprint density at radius 1 is 1.20 bits per heavy atom. The topological polar surface area (TPSA) is 66.0 Å². The van der Waals surface area contributed by atoms with E-state index in [0.717, 1.165) is 18.4 Å². The number of unbranched alkanes of at least 4 members (excludes halogenated alkanes) is 1. The minimum atomic E-state index is 0.103. The molecule has 0 heterocycles. The summed E-state index contributed by atoms with van der Waals surface area (Å²) in [4.78, 5) is 0. The van der Waals surface area contributed by atoms with Crippen LogP contribution in [0.4, 0.5) is 0 Å². The maximum Gasteiger partial charge on any atom is 0.161 e. The molecule has 4 nitrogen and oxygen atoms in total. The van der Waals surface area contributed by atoms with Gasteiger partial charge in [-0.3, -0.25) is 0 Å². The van der Waals surface area contributed by atoms with Crippen LogP contribution in [-0.2, 0) is 0 Å². The number of benzene rings is 1. The summed E-state index contributed by atoms with van der Waals surface area (Å²) in [6.45, 7) is 4.49. The molecule has 0 fully saturated rings. The van der Waals surface area contributed by atoms with Gasteiger partial charge < -0.3 is 9.47 Å². The van der Waals surface area contributed by atoms with Crippen LogP contribution in [0.5, 0.6) is 11.5 Å². The second kappa shape index (κ2) is 7.86. The summed E-state index contributed by atoms with van der Waals surface area (Å²) in [5.41, 5.74) is 1.52. The zero-order valence-corrected chi connectivity index (χ0v) is 12.1. The molecule has 0 radical (unpaired) electrons. The molecule has 0 spiro atoms. The van der Waals surface area contributed by atoms with Crippen molar-refractivity contribution < 1.29 is 9.47 Å². The van der Waals surface area contributed by atoms with Crippen LogP contribution in [0.1, 0.15) is 32.3 Å². The number of nitrogens with zero attached hydrogens (tertiary/aromatic N) is 2. The molecule has 0 aliphatic heterocycles. The first kappa shape index (κ1) is 15.6. The molecule has 0 amide bonds. The van der Waals surface area contributed by atoms with Crippen molar-refractivity contribution in [1.82, 2.24) is 0 Å². The first-order valence-electron chi connectivity index (χ1n) is 6.50. The van der Waals surface area contributed by atoms with E-state index < -0.39 is 0 Å². The summed E-state index contributed by atoms with van der Waals surface area (Å²) in [6, 6.07) is 9.20. The lowest BCUT2D eigenvalue weighted by molar-refractivity contribution is 0.288. The number of hydrogen-bond acceptors (Lipinski definition) is 4. The molecule has 1 aromatic carbocycles. The second-order valence-corrected chi connectivity index (χ2v) is 4.29. The number of methoxy groups -OCH3 is 1. The average molecular weight is 270 g/mol. The number of hydrogen-bond donors (Lipinski definition) is 0. The van der Waals surface area contributed by atoms with Gasteiger partial charge in [0.2, 0.25) is 0 Å². The maximum atomic E-state index is 8.90. The van der Waals surface area contributed by atoms with E-state index in [2.05, 4.69) is 6.92 Å². The van der Waals surface area contributed by atoms with Crippen molar-refractivity contribution in [3.8, 4) is 23.6 Å². The smallest absolute Gasteiger partial charge is 0.161 e. The molecule has 4 heteroatoms. The SMILES string of the molecule is CCCCOc1ccc(C(C)=C(C#N)C#N)cc1OC. The summed E-state index contributed by atoms with van der Waals surface area (Å²) < 4.78 is 10.9. The number of allylic oxidation sites excluding steroid dienone is 2. The normalized spacial score (nSPS) is 9.25. The Hall–Kier alpha value is -2.46. The monoisotopic (exact) mass is 270 g/mol. The third-order valence-electron chi connectivity index (χ3n) is 2.95. The van der Waals surface area contributed by atoms with Gasteiger partial charge in [0.1, 0.15) is 17.7 Å². The fourth-order valence-electron chi connectivity index (χ4n) is 1.68. The summed E-state index contributed by atoms with van der Waals surface area (Å²) in [6.07, 6.45) is 2.05. The van der Waals surface area contributed by atoms with E-state index in [1.54, 1.807) is 26.2 Å². The highest BCUT2D eigenvalue weighted by Crippen LogP contribution is 2.31. The van der Waals surface area contributed by atoms with Crippen LogP contribution in [0.25, 0.3) is 5.57 Å². The molecular weight excluding hydrogens is 252 g/mol. The quantitative estimate of drug-likeness (QED) is 0.584. The van der Waals surface area contributed by atoms with Gasteiger partial charge in [-0.2, -0.15) is 10.5 Å². The summed E-state index contributed by atoms with van der Waals surface area (Å²) in [7, 11) is 1.57. The van der Waals surface area contributed by atoms with E-state index in [-0.39, 0.29) is 5.57 Å². The molecule has 0 unspecified atom stereocenters. The molecule has 0 aliphatic carbocycles. The van der Waals surface area contributed by atoms with Crippen molar-refractivity contribution in [3.63, 3.8) is 0 Å². The molecule has 1 rings (SSSR count). The van der Waals surface area contributed by atoms with Gasteiger partial charge in [-0.05, 0) is 36.6 Å². The van der Waals surface area contributed by atoms with E-state index in [1.165, 1.54) is 0 Å². The fraction of sp³-hybridized carbons (Fsp3) is 0.375. The Labute approximate surface area is 119 Å². The summed E-state index contributed by atoms with van der Waals surface area (Å²) in [5, 5.41) is 17.8. The van der Waals surface area contributed by atoms with Crippen LogP contribution in [-0.4, -0.2) is 13.7 Å². The van der Waals surface area contributed by atoms with Crippen molar-refractivity contribution in [2.75, 3.05) is 13.7 Å². The van der Waals surface area contributed by atoms with E-state index >= 15 is 0 Å². The third kappa shape index (κ3) is 3.76. The van der Waals surface area contributed by atoms with Gasteiger partial charge in [-0.25, -0.2) is 0 Å². The first-order valence-corrected chi connectivity index (χ1v) is 6.50. The van der Waals surface area contributed by atoms with Crippen LogP contribution in [0.2, 0.25) is 0 Å². The van der Waals surface area contributed by atoms with Crippen LogP contribution < -0.4 is 9.47 Å². The molecule has 0 saturated heterocycles. The molecule has 0 aliphatic rings. The molecule has 0 aromatic heterocycles. The van der Waals surface area contributed by atoms with Crippen molar-refractivity contribution in [2.45, 2.75) is 26.7 Å². The lowest BCUT2D eigenvalue weighted by Gasteiger charge is -2.12. The largest absolute Gasteiger partial charge is 0.493 e. The van der Waals surface area contributed by atoms with Gasteiger partial charge in [-0.1, -0.05) is 19.4 Å². The minimum Gasteiger partial charge on any atom is -0.493 e. The Morgan fingerprint density at radius 2 is 1.90 bits per heavy atom. The van der Waals surface area contributed by atoms with Crippen molar-refractivity contribution in [1.29, 1.82) is 10.5 Å². The van der Waals surface area contributed by atoms with E-state index in [0.29, 0.717) is 23.7 Å². The van der Waals surface area contributed by atoms with Crippen LogP contribution in [0, 0.1) is 22.7 Å². The fourth-order valence-corrected chi connectivity index (χ4v) is 1.68. The number of ether oxygens (including phenoxy) is 2. The summed E-state index contributed by atoms with van der Waals surface area (Å²) >= 11 is 0. The highest BCUT2D eigenvalue weighted by atomic mass is 16.5. The van der Waals surface area contributed by atoms with E-state index in [1.807, 2.05) is 18.2 Å². The first-order chi connectivity index (χ1) is 9.67. The maximum absolute atomic E-state index is 8.90. The van der Waals surface area contributed by atoms with E-state index in [4.69, 9.17) is 20.0 Å². The van der Waals surface area contributed by atoms with Crippen LogP contribution in [0.15, 0.2) is 23.8 Å². The lowest BCUT2D eigenvalue weighted by Crippen LogP contribution is -1.99. The Morgan fingerprint density at radius 3 is 2.45 bits per heavy atom. The highest BCUT2D eigenvalue weighted by molar-refractivity contribution is 5.75. The van der Waals surface area contributed by atoms with E-state index in [9.17, 15) is 0 Å². The zero-order chi connectivity index (χ0) is 15.0. The van der Waals surface area contributed by atoms with Gasteiger partial charge in [0, 0.05) is 0 Å². The molecule has 0 saturated carbocycles. The Balaban J connectivity index is 3.08. The van der Waals surface area contributed by atoms with Crippen molar-refractivity contribution in [3.05, 3.63) is 29.3 Å². The number of rotatable bonds is 6. The summed E-state index contributed by atoms with van der Waals surface area (Å²) in [5.74, 6) is 1.28. The second-order valence-electron chi connectivity index (χ2n) is 4.29. The van der Waals surface area contributed by atoms with Gasteiger partial charge in [-0.15, -0.1) is 0 Å². The molecule has 20 heavy (non-hydrogen) atoms. The molecule has 0 bridgehead atoms. The molecule has 0 N–H and O–H groups in total. The predicted octanol–water partition coefficient (Wildman–Crippen LogP) is 3.69. The molecule has 0 atom stereocenters. The molecule has 104 valence electrons. The third-order valence-corrected chi connectivity index (χ3v) is 2.95. The lowest BCUT2D eigenvalue weighted by atomic mass is 10.0. The van der Waals surface area contributed by atoms with Crippen molar-refractivity contribution >= 4 is 5.57 Å². The minimum absolute atomic E-state index is 0.103.